The second kappa shape index (κ2) is 8.60. The van der Waals surface area contributed by atoms with Crippen LogP contribution in [0.1, 0.15) is 40.6 Å². The molecular formula is C25H31FN4O. The number of hydrogen-bond donors (Lipinski definition) is 1. The van der Waals surface area contributed by atoms with Crippen LogP contribution in [0.3, 0.4) is 0 Å². The van der Waals surface area contributed by atoms with Crippen LogP contribution in [-0.2, 0) is 0 Å². The zero-order valence-corrected chi connectivity index (χ0v) is 18.2. The summed E-state index contributed by atoms with van der Waals surface area (Å²) in [5.74, 6) is 0.150. The molecule has 31 heavy (non-hydrogen) atoms. The van der Waals surface area contributed by atoms with Gasteiger partial charge in [0.25, 0.3) is 0 Å². The lowest BCUT2D eigenvalue weighted by atomic mass is 9.92. The maximum absolute atomic E-state index is 13.5. The highest BCUT2D eigenvalue weighted by atomic mass is 19.1. The number of carbonyl (C=O) groups is 1. The molecule has 0 saturated carbocycles. The third-order valence-electron chi connectivity index (χ3n) is 7.19. The topological polar surface area (TPSA) is 38.8 Å². The number of benzene rings is 2. The summed E-state index contributed by atoms with van der Waals surface area (Å²) in [7, 11) is 0. The standard InChI is InChI=1S/C25H31FN4O/c1-18-2-7-21-23(16-18)22(19-3-5-20(26)6-4-19)17-24(21)29-13-10-28(11-14-29)12-15-30-9-8-27-25(30)31/h2-7,16,22,24H,8-15,17H2,1H3,(H,27,31). The van der Waals surface area contributed by atoms with Crippen LogP contribution in [0, 0.1) is 12.7 Å². The van der Waals surface area contributed by atoms with E-state index >= 15 is 0 Å². The van der Waals surface area contributed by atoms with Gasteiger partial charge in [-0.1, -0.05) is 35.9 Å². The molecule has 2 aromatic carbocycles. The number of halogens is 1. The van der Waals surface area contributed by atoms with Crippen molar-refractivity contribution < 1.29 is 9.18 Å². The molecule has 0 spiro atoms. The minimum absolute atomic E-state index is 0.0725. The summed E-state index contributed by atoms with van der Waals surface area (Å²) in [5.41, 5.74) is 5.32. The van der Waals surface area contributed by atoms with Crippen LogP contribution in [-0.4, -0.2) is 73.1 Å². The molecule has 5 rings (SSSR count). The Labute approximate surface area is 183 Å². The van der Waals surface area contributed by atoms with E-state index in [1.54, 1.807) is 12.1 Å². The van der Waals surface area contributed by atoms with Crippen molar-refractivity contribution in [2.24, 2.45) is 0 Å². The van der Waals surface area contributed by atoms with Crippen molar-refractivity contribution >= 4 is 6.03 Å². The van der Waals surface area contributed by atoms with Gasteiger partial charge in [0.05, 0.1) is 0 Å². The van der Waals surface area contributed by atoms with Crippen molar-refractivity contribution in [3.63, 3.8) is 0 Å². The quantitative estimate of drug-likeness (QED) is 0.803. The second-order valence-corrected chi connectivity index (χ2v) is 9.08. The molecule has 2 fully saturated rings. The fraction of sp³-hybridized carbons (Fsp3) is 0.480. The average Bonchev–Trinajstić information content (AvgIpc) is 3.36. The number of amides is 2. The van der Waals surface area contributed by atoms with Crippen LogP contribution in [0.4, 0.5) is 9.18 Å². The van der Waals surface area contributed by atoms with E-state index in [4.69, 9.17) is 0 Å². The van der Waals surface area contributed by atoms with E-state index in [9.17, 15) is 9.18 Å². The molecule has 2 unspecified atom stereocenters. The Hall–Kier alpha value is -2.44. The van der Waals surface area contributed by atoms with Gasteiger partial charge in [0.15, 0.2) is 0 Å². The van der Waals surface area contributed by atoms with E-state index in [-0.39, 0.29) is 11.8 Å². The minimum Gasteiger partial charge on any atom is -0.336 e. The van der Waals surface area contributed by atoms with Gasteiger partial charge in [-0.3, -0.25) is 9.80 Å². The minimum atomic E-state index is -0.176. The van der Waals surface area contributed by atoms with Crippen molar-refractivity contribution in [2.45, 2.75) is 25.3 Å². The molecule has 2 aromatic rings. The van der Waals surface area contributed by atoms with Crippen molar-refractivity contribution in [2.75, 3.05) is 52.4 Å². The van der Waals surface area contributed by atoms with Crippen molar-refractivity contribution in [3.8, 4) is 0 Å². The number of urea groups is 1. The van der Waals surface area contributed by atoms with Crippen LogP contribution in [0.15, 0.2) is 42.5 Å². The normalized spacial score (nSPS) is 24.5. The number of fused-ring (bicyclic) bond motifs is 1. The number of rotatable bonds is 5. The van der Waals surface area contributed by atoms with Gasteiger partial charge in [-0.15, -0.1) is 0 Å². The Morgan fingerprint density at radius 1 is 0.968 bits per heavy atom. The van der Waals surface area contributed by atoms with Crippen molar-refractivity contribution in [1.82, 2.24) is 20.0 Å². The van der Waals surface area contributed by atoms with Gasteiger partial charge in [0.1, 0.15) is 5.82 Å². The van der Waals surface area contributed by atoms with Crippen LogP contribution >= 0.6 is 0 Å². The molecule has 6 heteroatoms. The lowest BCUT2D eigenvalue weighted by molar-refractivity contribution is 0.0905. The molecule has 0 bridgehead atoms. The summed E-state index contributed by atoms with van der Waals surface area (Å²) in [6.07, 6.45) is 1.05. The Kier molecular flexibility index (Phi) is 5.67. The summed E-state index contributed by atoms with van der Waals surface area (Å²) < 4.78 is 13.5. The fourth-order valence-corrected chi connectivity index (χ4v) is 5.42. The lowest BCUT2D eigenvalue weighted by Crippen LogP contribution is -2.49. The summed E-state index contributed by atoms with van der Waals surface area (Å²) in [4.78, 5) is 18.8. The molecule has 2 amide bonds. The molecule has 0 aromatic heterocycles. The Morgan fingerprint density at radius 2 is 1.74 bits per heavy atom. The van der Waals surface area contributed by atoms with Crippen LogP contribution in [0.2, 0.25) is 0 Å². The highest BCUT2D eigenvalue weighted by molar-refractivity contribution is 5.76. The summed E-state index contributed by atoms with van der Waals surface area (Å²) >= 11 is 0. The van der Waals surface area contributed by atoms with Gasteiger partial charge in [0.2, 0.25) is 0 Å². The Morgan fingerprint density at radius 3 is 2.45 bits per heavy atom. The van der Waals surface area contributed by atoms with E-state index in [0.29, 0.717) is 12.0 Å². The van der Waals surface area contributed by atoms with Gasteiger partial charge < -0.3 is 10.2 Å². The smallest absolute Gasteiger partial charge is 0.317 e. The lowest BCUT2D eigenvalue weighted by Gasteiger charge is -2.39. The first-order valence-electron chi connectivity index (χ1n) is 11.4. The maximum atomic E-state index is 13.5. The maximum Gasteiger partial charge on any atom is 0.317 e. The Balaban J connectivity index is 1.25. The van der Waals surface area contributed by atoms with Crippen LogP contribution in [0.5, 0.6) is 0 Å². The molecular weight excluding hydrogens is 391 g/mol. The van der Waals surface area contributed by atoms with E-state index < -0.39 is 0 Å². The fourth-order valence-electron chi connectivity index (χ4n) is 5.42. The molecule has 3 aliphatic rings. The summed E-state index contributed by atoms with van der Waals surface area (Å²) in [6, 6.07) is 14.4. The van der Waals surface area contributed by atoms with Gasteiger partial charge in [-0.25, -0.2) is 9.18 Å². The molecule has 1 aliphatic carbocycles. The SMILES string of the molecule is Cc1ccc2c(c1)C(c1ccc(F)cc1)CC2N1CCN(CCN2CCNC2=O)CC1. The van der Waals surface area contributed by atoms with Gasteiger partial charge in [0, 0.05) is 64.3 Å². The number of hydrogen-bond acceptors (Lipinski definition) is 3. The molecule has 164 valence electrons. The number of nitrogens with zero attached hydrogens (tertiary/aromatic N) is 3. The van der Waals surface area contributed by atoms with Crippen LogP contribution in [0.25, 0.3) is 0 Å². The number of aryl methyl sites for hydroxylation is 1. The zero-order valence-electron chi connectivity index (χ0n) is 18.2. The second-order valence-electron chi connectivity index (χ2n) is 9.08. The third kappa shape index (κ3) is 4.19. The largest absolute Gasteiger partial charge is 0.336 e. The van der Waals surface area contributed by atoms with Gasteiger partial charge in [-0.05, 0) is 42.2 Å². The first kappa shape index (κ1) is 20.5. The average molecular weight is 423 g/mol. The van der Waals surface area contributed by atoms with Gasteiger partial charge in [-0.2, -0.15) is 0 Å². The van der Waals surface area contributed by atoms with E-state index in [1.807, 2.05) is 17.0 Å². The van der Waals surface area contributed by atoms with Crippen molar-refractivity contribution in [3.05, 3.63) is 70.5 Å². The number of piperazine rings is 1. The summed E-state index contributed by atoms with van der Waals surface area (Å²) in [6.45, 7) is 9.65. The van der Waals surface area contributed by atoms with E-state index in [0.717, 1.165) is 58.8 Å². The molecule has 2 aliphatic heterocycles. The monoisotopic (exact) mass is 422 g/mol. The molecule has 2 atom stereocenters. The molecule has 1 N–H and O–H groups in total. The third-order valence-corrected chi connectivity index (χ3v) is 7.19. The Bertz CT molecular complexity index is 939. The molecule has 2 heterocycles. The van der Waals surface area contributed by atoms with E-state index in [2.05, 4.69) is 40.2 Å². The predicted octanol–water partition coefficient (Wildman–Crippen LogP) is 3.35. The molecule has 2 saturated heterocycles. The van der Waals surface area contributed by atoms with E-state index in [1.165, 1.54) is 22.3 Å². The van der Waals surface area contributed by atoms with Crippen molar-refractivity contribution in [1.29, 1.82) is 0 Å². The molecule has 5 nitrogen and oxygen atoms in total. The highest BCUT2D eigenvalue weighted by Gasteiger charge is 2.36. The summed E-state index contributed by atoms with van der Waals surface area (Å²) in [5, 5.41) is 2.87. The number of nitrogens with one attached hydrogen (secondary N) is 1. The zero-order chi connectivity index (χ0) is 21.4. The number of carbonyl (C=O) groups excluding carboxylic acids is 1. The van der Waals surface area contributed by atoms with Crippen LogP contribution < -0.4 is 5.32 Å². The predicted molar refractivity (Wildman–Crippen MR) is 120 cm³/mol. The molecule has 0 radical (unpaired) electrons. The first-order valence-corrected chi connectivity index (χ1v) is 11.4. The van der Waals surface area contributed by atoms with Gasteiger partial charge >= 0.3 is 6.03 Å². The highest BCUT2D eigenvalue weighted by Crippen LogP contribution is 2.47. The first-order chi connectivity index (χ1) is 15.1.